The van der Waals surface area contributed by atoms with Crippen molar-refractivity contribution in [3.05, 3.63) is 47.5 Å². The Balaban J connectivity index is 1.45. The molecular formula is C17H14F3N7S. The van der Waals surface area contributed by atoms with Gasteiger partial charge >= 0.3 is 6.18 Å². The Labute approximate surface area is 160 Å². The number of aromatic amines is 1. The third kappa shape index (κ3) is 2.91. The number of hydrogen-bond donors (Lipinski definition) is 1. The predicted molar refractivity (Wildman–Crippen MR) is 97.3 cm³/mol. The molecule has 0 bridgehead atoms. The van der Waals surface area contributed by atoms with Crippen LogP contribution in [0.15, 0.2) is 37.1 Å². The highest BCUT2D eigenvalue weighted by Gasteiger charge is 2.34. The van der Waals surface area contributed by atoms with Crippen LogP contribution in [0, 0.1) is 0 Å². The van der Waals surface area contributed by atoms with Crippen molar-refractivity contribution in [2.45, 2.75) is 18.5 Å². The molecule has 1 fully saturated rings. The van der Waals surface area contributed by atoms with E-state index < -0.39 is 11.1 Å². The van der Waals surface area contributed by atoms with Gasteiger partial charge in [0.15, 0.2) is 10.8 Å². The zero-order valence-corrected chi connectivity index (χ0v) is 15.2. The maximum absolute atomic E-state index is 13.0. The number of halogens is 3. The number of imidazole rings is 1. The van der Waals surface area contributed by atoms with E-state index in [9.17, 15) is 13.2 Å². The van der Waals surface area contributed by atoms with Crippen molar-refractivity contribution in [3.63, 3.8) is 0 Å². The highest BCUT2D eigenvalue weighted by atomic mass is 32.1. The summed E-state index contributed by atoms with van der Waals surface area (Å²) in [4.78, 5) is 14.6. The molecule has 0 aromatic carbocycles. The van der Waals surface area contributed by atoms with Crippen LogP contribution in [0.1, 0.15) is 22.8 Å². The van der Waals surface area contributed by atoms with E-state index in [-0.39, 0.29) is 4.96 Å². The Morgan fingerprint density at radius 1 is 1.21 bits per heavy atom. The van der Waals surface area contributed by atoms with E-state index in [2.05, 4.69) is 30.0 Å². The molecule has 0 radical (unpaired) electrons. The average Bonchev–Trinajstić information content (AvgIpc) is 3.44. The third-order valence-electron chi connectivity index (χ3n) is 4.86. The van der Waals surface area contributed by atoms with E-state index in [1.165, 1.54) is 10.6 Å². The van der Waals surface area contributed by atoms with Gasteiger partial charge in [-0.05, 0) is 18.1 Å². The Morgan fingerprint density at radius 3 is 2.89 bits per heavy atom. The fourth-order valence-electron chi connectivity index (χ4n) is 3.46. The van der Waals surface area contributed by atoms with Crippen molar-refractivity contribution in [2.75, 3.05) is 18.0 Å². The van der Waals surface area contributed by atoms with Gasteiger partial charge in [-0.15, -0.1) is 0 Å². The van der Waals surface area contributed by atoms with Gasteiger partial charge in [-0.2, -0.15) is 18.3 Å². The molecule has 1 saturated heterocycles. The fourth-order valence-corrected chi connectivity index (χ4v) is 4.28. The van der Waals surface area contributed by atoms with Crippen molar-refractivity contribution in [2.24, 2.45) is 0 Å². The summed E-state index contributed by atoms with van der Waals surface area (Å²) in [6, 6.07) is 1.81. The lowest BCUT2D eigenvalue weighted by Gasteiger charge is -2.17. The summed E-state index contributed by atoms with van der Waals surface area (Å²) >= 11 is 0.600. The number of anilines is 1. The van der Waals surface area contributed by atoms with Gasteiger partial charge in [0.1, 0.15) is 16.4 Å². The van der Waals surface area contributed by atoms with Crippen LogP contribution in [-0.4, -0.2) is 42.6 Å². The van der Waals surface area contributed by atoms with Gasteiger partial charge in [-0.25, -0.2) is 15.0 Å². The van der Waals surface area contributed by atoms with Crippen LogP contribution < -0.4 is 4.90 Å². The van der Waals surface area contributed by atoms with E-state index in [4.69, 9.17) is 0 Å². The largest absolute Gasteiger partial charge is 0.427 e. The number of rotatable bonds is 3. The molecule has 1 N–H and O–H groups in total. The van der Waals surface area contributed by atoms with Crippen LogP contribution >= 0.6 is 11.3 Å². The van der Waals surface area contributed by atoms with E-state index >= 15 is 0 Å². The van der Waals surface area contributed by atoms with Crippen LogP contribution in [0.4, 0.5) is 19.0 Å². The Bertz CT molecular complexity index is 1120. The molecule has 0 spiro atoms. The minimum atomic E-state index is -4.40. The molecule has 1 aliphatic rings. The van der Waals surface area contributed by atoms with Crippen molar-refractivity contribution < 1.29 is 13.2 Å². The van der Waals surface area contributed by atoms with Crippen molar-refractivity contribution >= 4 is 22.1 Å². The van der Waals surface area contributed by atoms with E-state index in [0.29, 0.717) is 28.8 Å². The Kier molecular flexibility index (Phi) is 3.86. The molecule has 5 rings (SSSR count). The summed E-state index contributed by atoms with van der Waals surface area (Å²) in [5, 5.41) is 6.84. The topological polar surface area (TPSA) is 75.0 Å². The molecule has 4 aromatic heterocycles. The van der Waals surface area contributed by atoms with E-state index in [1.54, 1.807) is 6.20 Å². The lowest BCUT2D eigenvalue weighted by Crippen LogP contribution is -2.20. The lowest BCUT2D eigenvalue weighted by molar-refractivity contribution is -0.134. The summed E-state index contributed by atoms with van der Waals surface area (Å²) in [7, 11) is 0. The van der Waals surface area contributed by atoms with E-state index in [0.717, 1.165) is 37.1 Å². The average molecular weight is 405 g/mol. The number of aromatic nitrogens is 6. The standard InChI is InChI=1S/C17H14F3N7S/c18-17(19,20)13-9-27-12(7-22-16(27)28-13)15-21-3-1-14(25-15)26-4-2-10(8-26)11-5-23-24-6-11/h1,3,5-7,9-10H,2,4,8H2,(H,23,24). The minimum absolute atomic E-state index is 0.262. The maximum Gasteiger partial charge on any atom is 0.427 e. The SMILES string of the molecule is FC(F)(F)c1cn2c(-c3nccc(N4CCC(c5cn[nH]c5)C4)n3)cnc2s1. The number of nitrogens with one attached hydrogen (secondary N) is 1. The van der Waals surface area contributed by atoms with Crippen LogP contribution in [0.3, 0.4) is 0 Å². The van der Waals surface area contributed by atoms with Crippen LogP contribution in [0.5, 0.6) is 0 Å². The quantitative estimate of drug-likeness (QED) is 0.564. The number of fused-ring (bicyclic) bond motifs is 1. The summed E-state index contributed by atoms with van der Waals surface area (Å²) < 4.78 is 40.3. The summed E-state index contributed by atoms with van der Waals surface area (Å²) in [6.45, 7) is 1.64. The molecule has 0 saturated carbocycles. The first-order valence-electron chi connectivity index (χ1n) is 8.60. The zero-order chi connectivity index (χ0) is 19.3. The summed E-state index contributed by atoms with van der Waals surface area (Å²) in [5.74, 6) is 1.46. The second-order valence-electron chi connectivity index (χ2n) is 6.59. The molecule has 144 valence electrons. The van der Waals surface area contributed by atoms with Gasteiger partial charge in [0.25, 0.3) is 0 Å². The van der Waals surface area contributed by atoms with Crippen molar-refractivity contribution in [1.82, 2.24) is 29.5 Å². The van der Waals surface area contributed by atoms with Crippen LogP contribution in [0.2, 0.25) is 0 Å². The van der Waals surface area contributed by atoms with Gasteiger partial charge in [0.05, 0.1) is 12.4 Å². The van der Waals surface area contributed by atoms with Gasteiger partial charge < -0.3 is 4.90 Å². The highest BCUT2D eigenvalue weighted by Crippen LogP contribution is 2.36. The molecular weight excluding hydrogens is 391 g/mol. The molecule has 0 amide bonds. The first-order valence-corrected chi connectivity index (χ1v) is 9.42. The molecule has 1 aliphatic heterocycles. The first kappa shape index (κ1) is 17.2. The number of thiazole rings is 1. The molecule has 28 heavy (non-hydrogen) atoms. The highest BCUT2D eigenvalue weighted by molar-refractivity contribution is 7.17. The molecule has 0 aliphatic carbocycles. The normalized spacial score (nSPS) is 17.7. The first-order chi connectivity index (χ1) is 13.5. The molecule has 1 atom stereocenters. The third-order valence-corrected chi connectivity index (χ3v) is 5.90. The fraction of sp³-hybridized carbons (Fsp3) is 0.294. The number of alkyl halides is 3. The second kappa shape index (κ2) is 6.30. The molecule has 7 nitrogen and oxygen atoms in total. The molecule has 5 heterocycles. The predicted octanol–water partition coefficient (Wildman–Crippen LogP) is 3.59. The van der Waals surface area contributed by atoms with Gasteiger partial charge in [0.2, 0.25) is 0 Å². The lowest BCUT2D eigenvalue weighted by atomic mass is 10.0. The number of nitrogens with zero attached hydrogens (tertiary/aromatic N) is 6. The van der Waals surface area contributed by atoms with E-state index in [1.807, 2.05) is 18.5 Å². The van der Waals surface area contributed by atoms with Crippen molar-refractivity contribution in [3.8, 4) is 11.5 Å². The Hall–Kier alpha value is -2.95. The van der Waals surface area contributed by atoms with Gasteiger partial charge in [-0.3, -0.25) is 9.50 Å². The molecule has 4 aromatic rings. The summed E-state index contributed by atoms with van der Waals surface area (Å²) in [6.07, 6.45) is 4.48. The number of hydrogen-bond acceptors (Lipinski definition) is 6. The monoisotopic (exact) mass is 405 g/mol. The smallest absolute Gasteiger partial charge is 0.356 e. The Morgan fingerprint density at radius 2 is 2.11 bits per heavy atom. The molecule has 11 heteroatoms. The summed E-state index contributed by atoms with van der Waals surface area (Å²) in [5.41, 5.74) is 1.60. The second-order valence-corrected chi connectivity index (χ2v) is 7.60. The zero-order valence-electron chi connectivity index (χ0n) is 14.4. The van der Waals surface area contributed by atoms with Gasteiger partial charge in [0, 0.05) is 37.6 Å². The van der Waals surface area contributed by atoms with Gasteiger partial charge in [-0.1, -0.05) is 11.3 Å². The van der Waals surface area contributed by atoms with Crippen LogP contribution in [0.25, 0.3) is 16.5 Å². The number of H-pyrrole nitrogens is 1. The van der Waals surface area contributed by atoms with Crippen molar-refractivity contribution in [1.29, 1.82) is 0 Å². The maximum atomic E-state index is 13.0. The van der Waals surface area contributed by atoms with Crippen LogP contribution in [-0.2, 0) is 6.18 Å². The minimum Gasteiger partial charge on any atom is -0.356 e. The molecule has 1 unspecified atom stereocenters.